The van der Waals surface area contributed by atoms with Crippen LogP contribution in [0.25, 0.3) is 0 Å². The van der Waals surface area contributed by atoms with Crippen LogP contribution in [-0.4, -0.2) is 68.8 Å². The van der Waals surface area contributed by atoms with Gasteiger partial charge in [-0.25, -0.2) is 8.42 Å². The van der Waals surface area contributed by atoms with E-state index in [2.05, 4.69) is 13.8 Å². The first kappa shape index (κ1) is 52.3. The number of hydrogen-bond acceptors (Lipinski definition) is 9. The van der Waals surface area contributed by atoms with Gasteiger partial charge in [0.05, 0.1) is 4.90 Å². The quantitative estimate of drug-likeness (QED) is 0.0351. The summed E-state index contributed by atoms with van der Waals surface area (Å²) in [6.45, 7) is 4.45. The van der Waals surface area contributed by atoms with Crippen molar-refractivity contribution in [1.82, 2.24) is 0 Å². The number of benzene rings is 4. The average Bonchev–Trinajstić information content (AvgIpc) is 3.17. The van der Waals surface area contributed by atoms with Gasteiger partial charge in [-0.15, -0.1) is 0 Å². The summed E-state index contributed by atoms with van der Waals surface area (Å²) >= 11 is 0. The maximum atomic E-state index is 11.9. The molecule has 10 nitrogen and oxygen atoms in total. The Hall–Kier alpha value is -2.84. The number of aromatic hydroxyl groups is 1. The van der Waals surface area contributed by atoms with Crippen LogP contribution >= 0.6 is 0 Å². The first-order valence-corrected chi connectivity index (χ1v) is 23.8. The first-order chi connectivity index (χ1) is 27.9. The molecular weight excluding hydrogens is 817 g/mol. The van der Waals surface area contributed by atoms with Crippen LogP contribution in [0, 0.1) is 0 Å². The molecule has 0 bridgehead atoms. The number of hydrogen-bond donors (Lipinski definition) is 2. The van der Waals surface area contributed by atoms with Crippen molar-refractivity contribution in [3.05, 3.63) is 96.1 Å². The Balaban J connectivity index is 0.000000400. The van der Waals surface area contributed by atoms with Crippen LogP contribution in [0.15, 0.2) is 94.7 Å². The van der Waals surface area contributed by atoms with E-state index in [1.54, 1.807) is 18.2 Å². The SMILES string of the molecule is CCCCCCCCCCCc1ccccc1Oc1cccc(O)c1S(=O)(=O)O.CCCCCCCCCCCc1ccccc1Oc1cccc([O-])c1S(=O)(=O)[O-].[Ca+2]. The van der Waals surface area contributed by atoms with E-state index in [1.807, 2.05) is 30.3 Å². The second-order valence-corrected chi connectivity index (χ2v) is 17.4. The molecular formula is C46H62CaO10S2. The molecule has 4 rings (SSSR count). The van der Waals surface area contributed by atoms with E-state index in [4.69, 9.17) is 9.47 Å². The van der Waals surface area contributed by atoms with Crippen molar-refractivity contribution in [3.63, 3.8) is 0 Å². The molecule has 4 aromatic carbocycles. The summed E-state index contributed by atoms with van der Waals surface area (Å²) in [7, 11) is -9.53. The Bertz CT molecular complexity index is 1870. The normalized spacial score (nSPS) is 11.3. The van der Waals surface area contributed by atoms with Gasteiger partial charge in [0.2, 0.25) is 0 Å². The van der Waals surface area contributed by atoms with E-state index in [-0.39, 0.29) is 49.2 Å². The van der Waals surface area contributed by atoms with Crippen molar-refractivity contribution in [2.24, 2.45) is 0 Å². The maximum Gasteiger partial charge on any atom is 2.00 e. The van der Waals surface area contributed by atoms with Gasteiger partial charge in [0, 0.05) is 0 Å². The summed E-state index contributed by atoms with van der Waals surface area (Å²) in [5, 5.41) is 21.7. The molecule has 0 heterocycles. The summed E-state index contributed by atoms with van der Waals surface area (Å²) in [5.74, 6) is -0.695. The maximum absolute atomic E-state index is 11.9. The first-order valence-electron chi connectivity index (χ1n) is 20.9. The van der Waals surface area contributed by atoms with Crippen molar-refractivity contribution in [2.45, 2.75) is 152 Å². The van der Waals surface area contributed by atoms with Gasteiger partial charge in [0.1, 0.15) is 33.1 Å². The Morgan fingerprint density at radius 3 is 1.25 bits per heavy atom. The molecule has 0 saturated heterocycles. The molecule has 4 aromatic rings. The number of aryl methyl sites for hydroxylation is 2. The van der Waals surface area contributed by atoms with Crippen molar-refractivity contribution >= 4 is 58.0 Å². The molecule has 0 fully saturated rings. The molecule has 0 aliphatic carbocycles. The zero-order valence-corrected chi connectivity index (χ0v) is 38.8. The van der Waals surface area contributed by atoms with Crippen LogP contribution in [0.4, 0.5) is 0 Å². The Morgan fingerprint density at radius 2 is 0.847 bits per heavy atom. The number of phenolic OH excluding ortho intramolecular Hbond substituents is 1. The molecule has 59 heavy (non-hydrogen) atoms. The molecule has 0 unspecified atom stereocenters. The summed E-state index contributed by atoms with van der Waals surface area (Å²) in [6.07, 6.45) is 23.9. The van der Waals surface area contributed by atoms with Crippen molar-refractivity contribution < 1.29 is 45.6 Å². The van der Waals surface area contributed by atoms with Crippen LogP contribution in [0.1, 0.15) is 141 Å². The second kappa shape index (κ2) is 28.6. The summed E-state index contributed by atoms with van der Waals surface area (Å²) in [4.78, 5) is -1.45. The molecule has 0 atom stereocenters. The summed E-state index contributed by atoms with van der Waals surface area (Å²) < 4.78 is 78.6. The van der Waals surface area contributed by atoms with Gasteiger partial charge in [-0.3, -0.25) is 4.55 Å². The monoisotopic (exact) mass is 878 g/mol. The predicted octanol–water partition coefficient (Wildman–Crippen LogP) is 11.7. The van der Waals surface area contributed by atoms with Crippen molar-refractivity contribution in [2.75, 3.05) is 0 Å². The van der Waals surface area contributed by atoms with Gasteiger partial charge in [-0.05, 0) is 67.1 Å². The Morgan fingerprint density at radius 1 is 0.492 bits per heavy atom. The Kier molecular flexibility index (Phi) is 25.4. The third-order valence-electron chi connectivity index (χ3n) is 9.89. The number of ether oxygens (including phenoxy) is 2. The Labute approximate surface area is 383 Å². The zero-order chi connectivity index (χ0) is 42.2. The third-order valence-corrected chi connectivity index (χ3v) is 11.7. The predicted molar refractivity (Wildman–Crippen MR) is 232 cm³/mol. The number of phenols is 1. The van der Waals surface area contributed by atoms with Gasteiger partial charge < -0.3 is 24.2 Å². The molecule has 320 valence electrons. The van der Waals surface area contributed by atoms with E-state index in [0.29, 0.717) is 11.5 Å². The summed E-state index contributed by atoms with van der Waals surface area (Å²) in [5.41, 5.74) is 1.90. The topological polar surface area (TPSA) is 173 Å². The molecule has 0 aliphatic heterocycles. The van der Waals surface area contributed by atoms with Crippen molar-refractivity contribution in [1.29, 1.82) is 0 Å². The minimum absolute atomic E-state index is 0. The van der Waals surface area contributed by atoms with E-state index < -0.39 is 41.5 Å². The smallest absolute Gasteiger partial charge is 0.872 e. The molecule has 2 N–H and O–H groups in total. The number of unbranched alkanes of at least 4 members (excludes halogenated alkanes) is 16. The van der Waals surface area contributed by atoms with E-state index in [9.17, 15) is 36.2 Å². The van der Waals surface area contributed by atoms with Crippen LogP contribution in [0.2, 0.25) is 0 Å². The zero-order valence-electron chi connectivity index (χ0n) is 34.9. The largest absolute Gasteiger partial charge is 2.00 e. The van der Waals surface area contributed by atoms with E-state index in [1.165, 1.54) is 120 Å². The molecule has 0 spiro atoms. The van der Waals surface area contributed by atoms with Gasteiger partial charge in [-0.1, -0.05) is 177 Å². The molecule has 0 aromatic heterocycles. The molecule has 0 radical (unpaired) electrons. The van der Waals surface area contributed by atoms with E-state index >= 15 is 0 Å². The second-order valence-electron chi connectivity index (χ2n) is 14.7. The fraction of sp³-hybridized carbons (Fsp3) is 0.478. The van der Waals surface area contributed by atoms with Gasteiger partial charge in [0.15, 0.2) is 10.6 Å². The standard InChI is InChI=1S/2C23H32O5S.Ca/c2*1-2-3-4-5-6-7-8-9-10-14-19-15-11-12-17-21(19)28-22-18-13-16-20(24)23(22)29(25,26)27;/h2*11-13,15-18,24H,2-10,14H2,1H3,(H,25,26,27);/q;;+2/p-2. The minimum Gasteiger partial charge on any atom is -0.872 e. The molecule has 0 amide bonds. The van der Waals surface area contributed by atoms with Crippen molar-refractivity contribution in [3.8, 4) is 34.5 Å². The minimum atomic E-state index is -4.92. The molecule has 0 saturated carbocycles. The third kappa shape index (κ3) is 19.6. The van der Waals surface area contributed by atoms with E-state index in [0.717, 1.165) is 55.7 Å². The van der Waals surface area contributed by atoms with Crippen LogP contribution in [0.3, 0.4) is 0 Å². The molecule has 0 aliphatic rings. The summed E-state index contributed by atoms with van der Waals surface area (Å²) in [6, 6.07) is 22.6. The van der Waals surface area contributed by atoms with Gasteiger partial charge in [0.25, 0.3) is 0 Å². The average molecular weight is 879 g/mol. The van der Waals surface area contributed by atoms with Crippen LogP contribution < -0.4 is 14.6 Å². The fourth-order valence-corrected chi connectivity index (χ4v) is 8.14. The number of rotatable bonds is 26. The van der Waals surface area contributed by atoms with Crippen LogP contribution in [-0.2, 0) is 33.1 Å². The fourth-order valence-electron chi connectivity index (χ4n) is 6.78. The van der Waals surface area contributed by atoms with Crippen LogP contribution in [0.5, 0.6) is 34.5 Å². The van der Waals surface area contributed by atoms with Gasteiger partial charge >= 0.3 is 47.9 Å². The number of para-hydroxylation sites is 2. The van der Waals surface area contributed by atoms with Gasteiger partial charge in [-0.2, -0.15) is 8.42 Å². The molecule has 13 heteroatoms.